The number of allylic oxidation sites excluding steroid dienone is 2. The smallest absolute Gasteiger partial charge is 0.496 e. The number of fused-ring (bicyclic) bond motifs is 5. The number of nitrogens with one attached hydrogen (secondary N) is 2. The number of benzene rings is 5. The summed E-state index contributed by atoms with van der Waals surface area (Å²) in [5.41, 5.74) is 8.26. The van der Waals surface area contributed by atoms with E-state index in [1.165, 1.54) is 119 Å². The molecule has 0 atom stereocenters. The largest absolute Gasteiger partial charge is 0.573 e. The Morgan fingerprint density at radius 2 is 0.781 bits per heavy atom. The summed E-state index contributed by atoms with van der Waals surface area (Å²) in [6, 6.07) is 28.7. The van der Waals surface area contributed by atoms with Crippen LogP contribution >= 0.6 is 0 Å². The lowest BCUT2D eigenvalue weighted by Gasteiger charge is -2.29. The Kier molecular flexibility index (Phi) is 28.3. The predicted octanol–water partition coefficient (Wildman–Crippen LogP) is 18.7. The Morgan fingerprint density at radius 3 is 1.18 bits per heavy atom. The number of methoxy groups -OCH3 is 5. The van der Waals surface area contributed by atoms with Gasteiger partial charge in [-0.1, -0.05) is 0 Å². The fourth-order valence-corrected chi connectivity index (χ4v) is 12.9. The molecule has 3 aliphatic heterocycles. The van der Waals surface area contributed by atoms with Gasteiger partial charge in [0.25, 0.3) is 11.6 Å². The number of hydrogen-bond acceptors (Lipinski definition) is 27. The second-order valence-electron chi connectivity index (χ2n) is 29.4. The zero-order valence-corrected chi connectivity index (χ0v) is 70.8. The van der Waals surface area contributed by atoms with Crippen LogP contribution in [0.2, 0.25) is 0 Å². The first-order chi connectivity index (χ1) is 64.1. The van der Waals surface area contributed by atoms with E-state index in [4.69, 9.17) is 28.4 Å². The van der Waals surface area contributed by atoms with Crippen LogP contribution < -0.4 is 44.0 Å². The maximum Gasteiger partial charge on any atom is 0.573 e. The summed E-state index contributed by atoms with van der Waals surface area (Å²) in [7, 11) is 5.88. The van der Waals surface area contributed by atoms with Crippen LogP contribution in [0.15, 0.2) is 163 Å². The number of nitrogens with zero attached hydrogens (tertiary/aromatic N) is 18. The third kappa shape index (κ3) is 24.3. The van der Waals surface area contributed by atoms with Gasteiger partial charge >= 0.3 is 61.6 Å². The van der Waals surface area contributed by atoms with Crippen LogP contribution in [-0.2, 0) is 55.8 Å². The number of aromatic nitrogens is 16. The quantitative estimate of drug-likeness (QED) is 0.0531. The number of alkyl halides is 25. The van der Waals surface area contributed by atoms with Crippen molar-refractivity contribution in [3.05, 3.63) is 203 Å². The molecule has 0 amide bonds. The van der Waals surface area contributed by atoms with E-state index in [0.29, 0.717) is 61.9 Å². The van der Waals surface area contributed by atoms with E-state index in [0.717, 1.165) is 97.6 Å². The Hall–Kier alpha value is -14.5. The fraction of sp³-hybridized carbons (Fsp3) is 0.321. The maximum atomic E-state index is 14.5. The van der Waals surface area contributed by atoms with E-state index in [2.05, 4.69) is 101 Å². The van der Waals surface area contributed by atoms with E-state index < -0.39 is 114 Å². The summed E-state index contributed by atoms with van der Waals surface area (Å²) in [5, 5.41) is 49.4. The monoisotopic (exact) mass is 1970 g/mol. The first-order valence-corrected chi connectivity index (χ1v) is 38.9. The summed E-state index contributed by atoms with van der Waals surface area (Å²) in [6.45, 7) is 2.55. The van der Waals surface area contributed by atoms with Crippen molar-refractivity contribution in [2.24, 2.45) is 11.0 Å². The minimum absolute atomic E-state index is 0.00303. The van der Waals surface area contributed by atoms with Crippen molar-refractivity contribution in [1.82, 2.24) is 95.1 Å². The van der Waals surface area contributed by atoms with Crippen molar-refractivity contribution in [3.63, 3.8) is 0 Å². The highest BCUT2D eigenvalue weighted by Crippen LogP contribution is 2.44. The molecule has 4 aliphatic rings. The molecular formula is C81H65F25N20O11. The molecule has 1 saturated heterocycles. The molecule has 137 heavy (non-hydrogen) atoms. The molecule has 11 heterocycles. The summed E-state index contributed by atoms with van der Waals surface area (Å²) in [6.07, 6.45) is -26.7. The molecule has 0 spiro atoms. The van der Waals surface area contributed by atoms with E-state index >= 15 is 0 Å². The van der Waals surface area contributed by atoms with Gasteiger partial charge in [0.15, 0.2) is 22.6 Å². The molecule has 1 saturated carbocycles. The van der Waals surface area contributed by atoms with Crippen LogP contribution in [0.25, 0.3) is 73.3 Å². The zero-order chi connectivity index (χ0) is 99.7. The van der Waals surface area contributed by atoms with Crippen molar-refractivity contribution in [3.8, 4) is 85.3 Å². The molecule has 0 radical (unpaired) electrons. The highest BCUT2D eigenvalue weighted by Gasteiger charge is 2.46. The summed E-state index contributed by atoms with van der Waals surface area (Å²) < 4.78 is 379. The summed E-state index contributed by atoms with van der Waals surface area (Å²) in [5.74, 6) is -14.8. The van der Waals surface area contributed by atoms with Gasteiger partial charge in [-0.25, -0.2) is 5.01 Å². The van der Waals surface area contributed by atoms with Crippen LogP contribution in [0.3, 0.4) is 0 Å². The fourth-order valence-electron chi connectivity index (χ4n) is 12.9. The number of rotatable bonds is 24. The molecule has 13 aromatic rings. The lowest BCUT2D eigenvalue weighted by molar-refractivity contribution is -0.275. The second kappa shape index (κ2) is 38.7. The zero-order valence-electron chi connectivity index (χ0n) is 70.8. The van der Waals surface area contributed by atoms with Crippen LogP contribution in [-0.4, -0.2) is 177 Å². The molecule has 5 aromatic carbocycles. The molecule has 8 aromatic heterocycles. The minimum atomic E-state index is -4.87. The lowest BCUT2D eigenvalue weighted by Crippen LogP contribution is -2.47. The predicted molar refractivity (Wildman–Crippen MR) is 422 cm³/mol. The number of halogens is 25. The molecule has 31 nitrogen and oxygen atoms in total. The molecule has 56 heteroatoms. The average molecular weight is 1970 g/mol. The van der Waals surface area contributed by atoms with Gasteiger partial charge in [0.1, 0.15) is 46.1 Å². The molecular weight excluding hydrogens is 1900 g/mol. The lowest BCUT2D eigenvalue weighted by atomic mass is 9.91. The average Bonchev–Trinajstić information content (AvgIpc) is 1.72. The van der Waals surface area contributed by atoms with Gasteiger partial charge in [0.2, 0.25) is 17.5 Å². The summed E-state index contributed by atoms with van der Waals surface area (Å²) >= 11 is 0. The van der Waals surface area contributed by atoms with Crippen molar-refractivity contribution >= 4 is 34.1 Å². The maximum absolute atomic E-state index is 14.5. The number of amidine groups is 1. The van der Waals surface area contributed by atoms with Gasteiger partial charge in [-0.15, -0.1) is 93.5 Å². The normalized spacial score (nSPS) is 14.5. The van der Waals surface area contributed by atoms with Gasteiger partial charge in [0.05, 0.1) is 81.8 Å². The van der Waals surface area contributed by atoms with Gasteiger partial charge in [-0.05, 0) is 169 Å². The molecule has 17 rings (SSSR count). The first kappa shape index (κ1) is 100. The van der Waals surface area contributed by atoms with Gasteiger partial charge < -0.3 is 52.1 Å². The van der Waals surface area contributed by atoms with Crippen molar-refractivity contribution < 1.29 is 162 Å². The Balaban J connectivity index is 0.000000145. The number of ether oxygens (including phenoxy) is 11. The number of hydrazine groups is 1. The van der Waals surface area contributed by atoms with Crippen LogP contribution in [0.1, 0.15) is 85.1 Å². The number of hydrazone groups is 1. The van der Waals surface area contributed by atoms with E-state index in [9.17, 15) is 110 Å². The molecule has 0 unspecified atom stereocenters. The molecule has 2 fully saturated rings. The molecule has 1 aliphatic carbocycles. The number of hydrogen-bond donors (Lipinski definition) is 2. The second-order valence-corrected chi connectivity index (χ2v) is 29.4. The molecule has 2 N–H and O–H groups in total. The third-order valence-electron chi connectivity index (χ3n) is 19.3. The van der Waals surface area contributed by atoms with E-state index in [1.807, 2.05) is 0 Å². The topological polar surface area (TPSA) is 314 Å². The van der Waals surface area contributed by atoms with Crippen molar-refractivity contribution in [2.45, 2.75) is 108 Å². The van der Waals surface area contributed by atoms with E-state index in [-0.39, 0.29) is 116 Å². The van der Waals surface area contributed by atoms with Crippen molar-refractivity contribution in [2.75, 3.05) is 55.4 Å². The van der Waals surface area contributed by atoms with E-state index in [1.54, 1.807) is 6.07 Å². The van der Waals surface area contributed by atoms with Crippen molar-refractivity contribution in [1.29, 1.82) is 0 Å². The first-order valence-electron chi connectivity index (χ1n) is 38.9. The van der Waals surface area contributed by atoms with Gasteiger partial charge in [-0.3, -0.25) is 10.9 Å². The molecule has 0 bridgehead atoms. The highest BCUT2D eigenvalue weighted by atomic mass is 19.4. The minimum Gasteiger partial charge on any atom is -0.496 e. The third-order valence-corrected chi connectivity index (χ3v) is 19.3. The Labute approximate surface area is 751 Å². The summed E-state index contributed by atoms with van der Waals surface area (Å²) in [4.78, 5) is 0. The Bertz CT molecular complexity index is 6640. The SMILES string of the molecule is CC(F)(F)c1nnc2ccc(-c3ccc(OC(F)(F)F)cc3C3COC3)nn12.COCc1cc(OC(F)(F)F)ccc1-c1ccc2nnc(C(C)(F)F)n2n1.COc1cc(C(F)(F)F)ccc1C1=CC=C2NN=C(C(C)(F)F)N2N1.COc1cc(OC(F)(F)F)ccc1-c1ccc2nnc(C(F)(F)OC)n2n1.COc1cc(OC(F)(F)F)ccc1-c1ccc2nnc(C(F)(F)OCC3CC3)n2n1. The van der Waals surface area contributed by atoms with Crippen LogP contribution in [0, 0.1) is 5.92 Å². The standard InChI is InChI=1S/C18H15F5N4O3.C17H13F5N4O2.C16H13F5N4O2.C15H11F5N4O3.C15H13F5N4O/c1-28-14-8-11(30-18(21,22)23)4-5-12(14)13-6-7-15-24-25-16(27(15)26-13)17(19,20)29-9-10-2-3-10;1-16(18,19)15-24-23-14-5-4-13(25-26(14)15)11-3-2-10(28-17(20,21)22)6-12(11)9-7-27-8-9;1-15(17,18)14-23-22-13-6-5-12(24-25(13)14)11-4-3-10(27-16(19,20)21)7-9(11)8-26-2;1-25-11-7-8(27-15(18,19)20)3-4-9(11)10-5-6-12-21-22-13(24(12)23-10)14(16,17)26-2;1-14(16,17)13-22-21-12-6-5-10(23-24(12)13)9-4-3-8(15(18,19)20)7-11(9)25-2/h4-8,10H,2-3,9H2,1H3;2-6,9H,7-8H2,1H3;3-7H,8H2,1-2H3;3-7H,1-2H3;3-7,21,23H,1-2H3. The van der Waals surface area contributed by atoms with Crippen LogP contribution in [0.5, 0.6) is 40.2 Å². The van der Waals surface area contributed by atoms with Crippen LogP contribution in [0.4, 0.5) is 110 Å². The molecule has 730 valence electrons. The Morgan fingerprint density at radius 1 is 0.394 bits per heavy atom. The van der Waals surface area contributed by atoms with Gasteiger partial charge in [-0.2, -0.15) is 101 Å². The highest BCUT2D eigenvalue weighted by molar-refractivity contribution is 5.93. The van der Waals surface area contributed by atoms with Gasteiger partial charge in [0, 0.05) is 80.9 Å².